The molecule has 2 rings (SSSR count). The molecule has 0 aliphatic heterocycles. The monoisotopic (exact) mass is 280 g/mol. The van der Waals surface area contributed by atoms with Crippen molar-refractivity contribution in [3.05, 3.63) is 30.1 Å². The van der Waals surface area contributed by atoms with Crippen LogP contribution in [-0.4, -0.2) is 29.2 Å². The van der Waals surface area contributed by atoms with Gasteiger partial charge in [-0.2, -0.15) is 0 Å². The number of nitrogens with one attached hydrogen (secondary N) is 2. The lowest BCUT2D eigenvalue weighted by molar-refractivity contribution is -0.116. The number of rotatable bonds is 6. The van der Waals surface area contributed by atoms with E-state index in [-0.39, 0.29) is 24.2 Å². The summed E-state index contributed by atoms with van der Waals surface area (Å²) >= 11 is 0. The Bertz CT molecular complexity index is 475. The minimum absolute atomic E-state index is 0.0341. The van der Waals surface area contributed by atoms with E-state index in [2.05, 4.69) is 10.6 Å². The molecule has 1 atom stereocenters. The van der Waals surface area contributed by atoms with E-state index < -0.39 is 5.60 Å². The van der Waals surface area contributed by atoms with Crippen molar-refractivity contribution in [2.24, 2.45) is 0 Å². The molecule has 0 radical (unpaired) electrons. The van der Waals surface area contributed by atoms with E-state index in [0.717, 1.165) is 19.3 Å². The minimum Gasteiger partial charge on any atom is -0.389 e. The van der Waals surface area contributed by atoms with Gasteiger partial charge >= 0.3 is 0 Å². The van der Waals surface area contributed by atoms with Crippen LogP contribution in [0.15, 0.2) is 24.3 Å². The molecular weight excluding hydrogens is 259 g/mol. The third-order valence-corrected chi connectivity index (χ3v) is 3.66. The van der Waals surface area contributed by atoms with Gasteiger partial charge in [-0.05, 0) is 44.4 Å². The second-order valence-electron chi connectivity index (χ2n) is 5.62. The number of hydrogen-bond donors (Lipinski definition) is 3. The molecule has 1 aliphatic carbocycles. The molecule has 20 heavy (non-hydrogen) atoms. The van der Waals surface area contributed by atoms with Crippen LogP contribution in [0.2, 0.25) is 0 Å². The highest BCUT2D eigenvalue weighted by Gasteiger charge is 2.34. The third kappa shape index (κ3) is 4.28. The standard InChI is InChI=1S/C15H21FN2O2/c1-11(17-10-15(20)6-3-7-15)8-14(19)18-13-5-2-4-12(16)9-13/h2,4-5,9,11,17,20H,3,6-8,10H2,1H3,(H,18,19). The van der Waals surface area contributed by atoms with Gasteiger partial charge in [0.25, 0.3) is 0 Å². The smallest absolute Gasteiger partial charge is 0.225 e. The van der Waals surface area contributed by atoms with E-state index >= 15 is 0 Å². The van der Waals surface area contributed by atoms with Crippen LogP contribution in [0.4, 0.5) is 10.1 Å². The number of benzene rings is 1. The Morgan fingerprint density at radius 2 is 2.25 bits per heavy atom. The van der Waals surface area contributed by atoms with Crippen molar-refractivity contribution in [3.8, 4) is 0 Å². The highest BCUT2D eigenvalue weighted by atomic mass is 19.1. The predicted octanol–water partition coefficient (Wildman–Crippen LogP) is 2.05. The molecule has 1 aromatic carbocycles. The Labute approximate surface area is 118 Å². The zero-order chi connectivity index (χ0) is 14.6. The summed E-state index contributed by atoms with van der Waals surface area (Å²) in [6, 6.07) is 5.79. The largest absolute Gasteiger partial charge is 0.389 e. The summed E-state index contributed by atoms with van der Waals surface area (Å²) in [6.45, 7) is 2.41. The summed E-state index contributed by atoms with van der Waals surface area (Å²) in [5.41, 5.74) is -0.132. The zero-order valence-corrected chi connectivity index (χ0v) is 11.7. The van der Waals surface area contributed by atoms with Crippen molar-refractivity contribution in [1.29, 1.82) is 0 Å². The number of aliphatic hydroxyl groups is 1. The number of anilines is 1. The van der Waals surface area contributed by atoms with Gasteiger partial charge in [-0.1, -0.05) is 6.07 Å². The van der Waals surface area contributed by atoms with E-state index in [9.17, 15) is 14.3 Å². The molecule has 5 heteroatoms. The molecule has 1 unspecified atom stereocenters. The van der Waals surface area contributed by atoms with Crippen LogP contribution in [0, 0.1) is 5.82 Å². The van der Waals surface area contributed by atoms with Crippen LogP contribution >= 0.6 is 0 Å². The van der Waals surface area contributed by atoms with Gasteiger partial charge in [-0.25, -0.2) is 4.39 Å². The van der Waals surface area contributed by atoms with Gasteiger partial charge < -0.3 is 15.7 Å². The molecule has 3 N–H and O–H groups in total. The van der Waals surface area contributed by atoms with Gasteiger partial charge in [0, 0.05) is 24.7 Å². The van der Waals surface area contributed by atoms with Gasteiger partial charge in [-0.3, -0.25) is 4.79 Å². The summed E-state index contributed by atoms with van der Waals surface area (Å²) in [7, 11) is 0. The number of carbonyl (C=O) groups excluding carboxylic acids is 1. The maximum absolute atomic E-state index is 13.0. The topological polar surface area (TPSA) is 61.4 Å². The fourth-order valence-electron chi connectivity index (χ4n) is 2.25. The van der Waals surface area contributed by atoms with Crippen molar-refractivity contribution in [2.45, 2.75) is 44.2 Å². The molecule has 0 bridgehead atoms. The molecule has 1 aromatic rings. The SMILES string of the molecule is CC(CC(=O)Nc1cccc(F)c1)NCC1(O)CCC1. The molecule has 1 amide bonds. The molecule has 0 saturated heterocycles. The van der Waals surface area contributed by atoms with Gasteiger partial charge in [0.15, 0.2) is 0 Å². The Hall–Kier alpha value is -1.46. The second kappa shape index (κ2) is 6.33. The maximum Gasteiger partial charge on any atom is 0.225 e. The first-order valence-electron chi connectivity index (χ1n) is 6.98. The average Bonchev–Trinajstić information content (AvgIpc) is 2.34. The van der Waals surface area contributed by atoms with Crippen molar-refractivity contribution in [3.63, 3.8) is 0 Å². The zero-order valence-electron chi connectivity index (χ0n) is 11.7. The fourth-order valence-corrected chi connectivity index (χ4v) is 2.25. The third-order valence-electron chi connectivity index (χ3n) is 3.66. The van der Waals surface area contributed by atoms with Gasteiger partial charge in [0.1, 0.15) is 5.82 Å². The predicted molar refractivity (Wildman–Crippen MR) is 75.9 cm³/mol. The molecule has 1 aliphatic rings. The first-order chi connectivity index (χ1) is 9.47. The Morgan fingerprint density at radius 1 is 1.50 bits per heavy atom. The summed E-state index contributed by atoms with van der Waals surface area (Å²) < 4.78 is 13.0. The highest BCUT2D eigenvalue weighted by Crippen LogP contribution is 2.30. The fraction of sp³-hybridized carbons (Fsp3) is 0.533. The highest BCUT2D eigenvalue weighted by molar-refractivity contribution is 5.91. The summed E-state index contributed by atoms with van der Waals surface area (Å²) in [5, 5.41) is 15.8. The number of amides is 1. The van der Waals surface area contributed by atoms with Crippen molar-refractivity contribution < 1.29 is 14.3 Å². The number of carbonyl (C=O) groups is 1. The molecule has 0 heterocycles. The Kier molecular flexibility index (Phi) is 4.73. The molecule has 0 spiro atoms. The Morgan fingerprint density at radius 3 is 2.85 bits per heavy atom. The van der Waals surface area contributed by atoms with E-state index in [0.29, 0.717) is 12.2 Å². The lowest BCUT2D eigenvalue weighted by atomic mass is 9.80. The van der Waals surface area contributed by atoms with Gasteiger partial charge in [0.05, 0.1) is 5.60 Å². The van der Waals surface area contributed by atoms with Crippen LogP contribution in [-0.2, 0) is 4.79 Å². The van der Waals surface area contributed by atoms with E-state index in [4.69, 9.17) is 0 Å². The first kappa shape index (κ1) is 14.9. The van der Waals surface area contributed by atoms with Crippen molar-refractivity contribution in [1.82, 2.24) is 5.32 Å². The molecular formula is C15H21FN2O2. The van der Waals surface area contributed by atoms with Gasteiger partial charge in [-0.15, -0.1) is 0 Å². The maximum atomic E-state index is 13.0. The van der Waals surface area contributed by atoms with E-state index in [1.807, 2.05) is 6.92 Å². The second-order valence-corrected chi connectivity index (χ2v) is 5.62. The average molecular weight is 280 g/mol. The number of halogens is 1. The van der Waals surface area contributed by atoms with E-state index in [1.54, 1.807) is 12.1 Å². The molecule has 1 fully saturated rings. The van der Waals surface area contributed by atoms with Crippen LogP contribution in [0.5, 0.6) is 0 Å². The quantitative estimate of drug-likeness (QED) is 0.747. The molecule has 4 nitrogen and oxygen atoms in total. The lowest BCUT2D eigenvalue weighted by Crippen LogP contribution is -2.48. The first-order valence-corrected chi connectivity index (χ1v) is 6.98. The van der Waals surface area contributed by atoms with Crippen LogP contribution in [0.3, 0.4) is 0 Å². The van der Waals surface area contributed by atoms with Gasteiger partial charge in [0.2, 0.25) is 5.91 Å². The Balaban J connectivity index is 1.73. The normalized spacial score (nSPS) is 18.1. The molecule has 0 aromatic heterocycles. The van der Waals surface area contributed by atoms with Crippen molar-refractivity contribution in [2.75, 3.05) is 11.9 Å². The molecule has 1 saturated carbocycles. The van der Waals surface area contributed by atoms with Crippen LogP contribution in [0.25, 0.3) is 0 Å². The van der Waals surface area contributed by atoms with E-state index in [1.165, 1.54) is 12.1 Å². The van der Waals surface area contributed by atoms with Crippen LogP contribution in [0.1, 0.15) is 32.6 Å². The lowest BCUT2D eigenvalue weighted by Gasteiger charge is -2.37. The molecule has 110 valence electrons. The minimum atomic E-state index is -0.590. The summed E-state index contributed by atoms with van der Waals surface area (Å²) in [6.07, 6.45) is 2.99. The summed E-state index contributed by atoms with van der Waals surface area (Å²) in [5.74, 6) is -0.544. The number of hydrogen-bond acceptors (Lipinski definition) is 3. The summed E-state index contributed by atoms with van der Waals surface area (Å²) in [4.78, 5) is 11.8. The van der Waals surface area contributed by atoms with Crippen molar-refractivity contribution >= 4 is 11.6 Å². The van der Waals surface area contributed by atoms with Crippen LogP contribution < -0.4 is 10.6 Å².